The standard InChI is InChI=1S/C11H23ClO4Si/c1-13-17(14-2,15-3)9-5-4-6-10-11(16-10)7-8-12/h10-11H,4-9H2,1-3H3. The molecule has 4 nitrogen and oxygen atoms in total. The Labute approximate surface area is 110 Å². The molecule has 2 unspecified atom stereocenters. The van der Waals surface area contributed by atoms with Crippen molar-refractivity contribution in [3.63, 3.8) is 0 Å². The van der Waals surface area contributed by atoms with Gasteiger partial charge in [0, 0.05) is 33.3 Å². The summed E-state index contributed by atoms with van der Waals surface area (Å²) < 4.78 is 21.6. The Morgan fingerprint density at radius 1 is 1.00 bits per heavy atom. The minimum atomic E-state index is -2.36. The van der Waals surface area contributed by atoms with Crippen molar-refractivity contribution in [2.45, 2.75) is 43.9 Å². The van der Waals surface area contributed by atoms with E-state index < -0.39 is 8.80 Å². The Hall–Kier alpha value is 0.347. The summed E-state index contributed by atoms with van der Waals surface area (Å²) >= 11 is 5.66. The van der Waals surface area contributed by atoms with Crippen molar-refractivity contribution < 1.29 is 18.0 Å². The molecule has 0 aromatic heterocycles. The van der Waals surface area contributed by atoms with Crippen molar-refractivity contribution in [3.8, 4) is 0 Å². The number of rotatable bonds is 10. The first-order valence-corrected chi connectivity index (χ1v) is 8.55. The zero-order chi connectivity index (χ0) is 12.7. The molecule has 2 atom stereocenters. The van der Waals surface area contributed by atoms with Gasteiger partial charge in [0.15, 0.2) is 0 Å². The van der Waals surface area contributed by atoms with E-state index in [0.29, 0.717) is 18.1 Å². The lowest BCUT2D eigenvalue weighted by Gasteiger charge is -2.24. The third-order valence-electron chi connectivity index (χ3n) is 3.24. The first-order valence-electron chi connectivity index (χ1n) is 6.08. The molecule has 0 aromatic carbocycles. The SMILES string of the molecule is CO[Si](CCCCC1OC1CCCl)(OC)OC. The third kappa shape index (κ3) is 4.85. The Morgan fingerprint density at radius 2 is 1.59 bits per heavy atom. The monoisotopic (exact) mass is 282 g/mol. The molecule has 0 aromatic rings. The topological polar surface area (TPSA) is 40.2 Å². The van der Waals surface area contributed by atoms with Gasteiger partial charge in [0.2, 0.25) is 0 Å². The zero-order valence-corrected chi connectivity index (χ0v) is 12.7. The van der Waals surface area contributed by atoms with Crippen LogP contribution in [0, 0.1) is 0 Å². The van der Waals surface area contributed by atoms with Gasteiger partial charge in [-0.05, 0) is 19.3 Å². The Bertz CT molecular complexity index is 205. The lowest BCUT2D eigenvalue weighted by molar-refractivity contribution is 0.122. The normalized spacial score (nSPS) is 24.0. The minimum absolute atomic E-state index is 0.404. The summed E-state index contributed by atoms with van der Waals surface area (Å²) in [7, 11) is 2.59. The van der Waals surface area contributed by atoms with E-state index in [-0.39, 0.29) is 0 Å². The third-order valence-corrected chi connectivity index (χ3v) is 6.29. The molecule has 1 fully saturated rings. The van der Waals surface area contributed by atoms with E-state index >= 15 is 0 Å². The van der Waals surface area contributed by atoms with Crippen molar-refractivity contribution in [2.24, 2.45) is 0 Å². The first kappa shape index (κ1) is 15.4. The summed E-state index contributed by atoms with van der Waals surface area (Å²) in [5.41, 5.74) is 0. The molecule has 0 saturated carbocycles. The second-order valence-corrected chi connectivity index (χ2v) is 7.70. The van der Waals surface area contributed by atoms with E-state index in [1.807, 2.05) is 0 Å². The molecule has 1 aliphatic rings. The van der Waals surface area contributed by atoms with Crippen LogP contribution in [-0.2, 0) is 18.0 Å². The maximum Gasteiger partial charge on any atom is 0.500 e. The smallest absolute Gasteiger partial charge is 0.377 e. The van der Waals surface area contributed by atoms with Crippen LogP contribution in [-0.4, -0.2) is 48.2 Å². The fourth-order valence-corrected chi connectivity index (χ4v) is 4.05. The van der Waals surface area contributed by atoms with E-state index in [4.69, 9.17) is 29.6 Å². The van der Waals surface area contributed by atoms with Crippen LogP contribution < -0.4 is 0 Å². The molecule has 6 heteroatoms. The Kier molecular flexibility index (Phi) is 6.99. The number of alkyl halides is 1. The second kappa shape index (κ2) is 7.71. The van der Waals surface area contributed by atoms with Crippen molar-refractivity contribution in [1.29, 1.82) is 0 Å². The highest BCUT2D eigenvalue weighted by Gasteiger charge is 2.39. The average molecular weight is 283 g/mol. The van der Waals surface area contributed by atoms with Crippen LogP contribution in [0.5, 0.6) is 0 Å². The van der Waals surface area contributed by atoms with Crippen molar-refractivity contribution in [1.82, 2.24) is 0 Å². The van der Waals surface area contributed by atoms with E-state index in [2.05, 4.69) is 0 Å². The number of unbranched alkanes of at least 4 members (excludes halogenated alkanes) is 1. The summed E-state index contributed by atoms with van der Waals surface area (Å²) in [6, 6.07) is 0.864. The highest BCUT2D eigenvalue weighted by atomic mass is 35.5. The second-order valence-electron chi connectivity index (χ2n) is 4.23. The van der Waals surface area contributed by atoms with Crippen LogP contribution in [0.25, 0.3) is 0 Å². The quantitative estimate of drug-likeness (QED) is 0.267. The highest BCUT2D eigenvalue weighted by molar-refractivity contribution is 6.60. The molecule has 0 spiro atoms. The van der Waals surface area contributed by atoms with Crippen LogP contribution >= 0.6 is 11.6 Å². The van der Waals surface area contributed by atoms with Crippen molar-refractivity contribution in [3.05, 3.63) is 0 Å². The lowest BCUT2D eigenvalue weighted by atomic mass is 10.1. The molecule has 0 amide bonds. The van der Waals surface area contributed by atoms with Gasteiger partial charge in [0.05, 0.1) is 12.2 Å². The summed E-state index contributed by atoms with van der Waals surface area (Å²) in [6.07, 6.45) is 5.07. The Morgan fingerprint density at radius 3 is 2.12 bits per heavy atom. The molecule has 102 valence electrons. The van der Waals surface area contributed by atoms with Crippen molar-refractivity contribution in [2.75, 3.05) is 27.2 Å². The highest BCUT2D eigenvalue weighted by Crippen LogP contribution is 2.30. The fraction of sp³-hybridized carbons (Fsp3) is 1.00. The fourth-order valence-electron chi connectivity index (χ4n) is 2.04. The number of ether oxygens (including phenoxy) is 1. The van der Waals surface area contributed by atoms with Gasteiger partial charge in [-0.1, -0.05) is 6.42 Å². The average Bonchev–Trinajstić information content (AvgIpc) is 3.09. The minimum Gasteiger partial charge on any atom is -0.377 e. The summed E-state index contributed by atoms with van der Waals surface area (Å²) in [6.45, 7) is 0. The van der Waals surface area contributed by atoms with E-state index in [9.17, 15) is 0 Å². The van der Waals surface area contributed by atoms with Crippen molar-refractivity contribution >= 4 is 20.4 Å². The van der Waals surface area contributed by atoms with E-state index in [1.54, 1.807) is 21.3 Å². The van der Waals surface area contributed by atoms with Gasteiger partial charge < -0.3 is 18.0 Å². The first-order chi connectivity index (χ1) is 8.21. The molecule has 1 rings (SSSR count). The van der Waals surface area contributed by atoms with Crippen LogP contribution in [0.1, 0.15) is 25.7 Å². The summed E-state index contributed by atoms with van der Waals surface area (Å²) in [5.74, 6) is 0.689. The van der Waals surface area contributed by atoms with E-state index in [1.165, 1.54) is 0 Å². The molecule has 0 N–H and O–H groups in total. The Balaban J connectivity index is 2.07. The van der Waals surface area contributed by atoms with Gasteiger partial charge in [-0.25, -0.2) is 0 Å². The summed E-state index contributed by atoms with van der Waals surface area (Å²) in [5, 5.41) is 0. The van der Waals surface area contributed by atoms with Gasteiger partial charge in [0.25, 0.3) is 0 Å². The van der Waals surface area contributed by atoms with Gasteiger partial charge in [-0.3, -0.25) is 0 Å². The van der Waals surface area contributed by atoms with Gasteiger partial charge in [-0.2, -0.15) is 0 Å². The van der Waals surface area contributed by atoms with Gasteiger partial charge in [0.1, 0.15) is 0 Å². The predicted octanol–water partition coefficient (Wildman–Crippen LogP) is 2.43. The molecule has 0 bridgehead atoms. The number of halogens is 1. The van der Waals surface area contributed by atoms with E-state index in [0.717, 1.165) is 31.7 Å². The predicted molar refractivity (Wildman–Crippen MR) is 69.4 cm³/mol. The molecule has 17 heavy (non-hydrogen) atoms. The maximum atomic E-state index is 5.66. The lowest BCUT2D eigenvalue weighted by Crippen LogP contribution is -2.42. The van der Waals surface area contributed by atoms with Crippen LogP contribution in [0.3, 0.4) is 0 Å². The number of hydrogen-bond donors (Lipinski definition) is 0. The van der Waals surface area contributed by atoms with Crippen LogP contribution in [0.4, 0.5) is 0 Å². The number of hydrogen-bond acceptors (Lipinski definition) is 4. The largest absolute Gasteiger partial charge is 0.500 e. The molecule has 1 saturated heterocycles. The zero-order valence-electron chi connectivity index (χ0n) is 10.9. The van der Waals surface area contributed by atoms with Gasteiger partial charge in [-0.15, -0.1) is 11.6 Å². The molecule has 1 aliphatic heterocycles. The van der Waals surface area contributed by atoms with Crippen LogP contribution in [0.15, 0.2) is 0 Å². The van der Waals surface area contributed by atoms with Crippen LogP contribution in [0.2, 0.25) is 6.04 Å². The maximum absolute atomic E-state index is 5.66. The molecular formula is C11H23ClO4Si. The molecule has 0 aliphatic carbocycles. The van der Waals surface area contributed by atoms with Gasteiger partial charge >= 0.3 is 8.80 Å². The molecular weight excluding hydrogens is 260 g/mol. The summed E-state index contributed by atoms with van der Waals surface area (Å²) in [4.78, 5) is 0. The molecule has 1 heterocycles. The molecule has 0 radical (unpaired) electrons. The number of epoxide rings is 1.